The van der Waals surface area contributed by atoms with Gasteiger partial charge in [0.1, 0.15) is 5.82 Å². The van der Waals surface area contributed by atoms with Crippen molar-refractivity contribution in [3.8, 4) is 0 Å². The van der Waals surface area contributed by atoms with Crippen molar-refractivity contribution in [2.75, 3.05) is 13.1 Å². The predicted octanol–water partition coefficient (Wildman–Crippen LogP) is 1.49. The van der Waals surface area contributed by atoms with Crippen LogP contribution in [0.4, 0.5) is 0 Å². The van der Waals surface area contributed by atoms with Crippen molar-refractivity contribution in [1.82, 2.24) is 20.0 Å². The standard InChI is InChI=1S/C13H20N4O2S2/c1-2-14-9-11-8-12(10-20-11)21(18,19)17-5-3-4-13-15-6-7-16-13/h6-8,10,14,17H,2-5,9H2,1H3,(H,15,16). The van der Waals surface area contributed by atoms with E-state index < -0.39 is 10.0 Å². The molecule has 0 aliphatic rings. The number of imidazole rings is 1. The summed E-state index contributed by atoms with van der Waals surface area (Å²) < 4.78 is 26.9. The van der Waals surface area contributed by atoms with Crippen LogP contribution >= 0.6 is 11.3 Å². The minimum Gasteiger partial charge on any atom is -0.349 e. The molecule has 0 aliphatic heterocycles. The Morgan fingerprint density at radius 3 is 3.00 bits per heavy atom. The first-order valence-corrected chi connectivity index (χ1v) is 9.24. The number of aryl methyl sites for hydroxylation is 1. The number of thiophene rings is 1. The van der Waals surface area contributed by atoms with Crippen molar-refractivity contribution in [1.29, 1.82) is 0 Å². The Hall–Kier alpha value is -1.22. The fourth-order valence-electron chi connectivity index (χ4n) is 1.82. The molecule has 0 atom stereocenters. The Bertz CT molecular complexity index is 635. The third-order valence-electron chi connectivity index (χ3n) is 2.93. The average molecular weight is 328 g/mol. The van der Waals surface area contributed by atoms with Gasteiger partial charge in [-0.2, -0.15) is 0 Å². The summed E-state index contributed by atoms with van der Waals surface area (Å²) >= 11 is 1.46. The van der Waals surface area contributed by atoms with Crippen molar-refractivity contribution in [2.45, 2.75) is 31.2 Å². The smallest absolute Gasteiger partial charge is 0.241 e. The summed E-state index contributed by atoms with van der Waals surface area (Å²) in [6.45, 7) is 3.99. The van der Waals surface area contributed by atoms with Crippen molar-refractivity contribution in [2.24, 2.45) is 0 Å². The number of H-pyrrole nitrogens is 1. The molecule has 2 aromatic rings. The molecule has 3 N–H and O–H groups in total. The van der Waals surface area contributed by atoms with Crippen LogP contribution in [0.2, 0.25) is 0 Å². The molecule has 116 valence electrons. The number of nitrogens with one attached hydrogen (secondary N) is 3. The molecule has 2 heterocycles. The maximum Gasteiger partial charge on any atom is 0.241 e. The molecule has 0 saturated heterocycles. The lowest BCUT2D eigenvalue weighted by molar-refractivity contribution is 0.578. The molecule has 0 aromatic carbocycles. The molecule has 0 aliphatic carbocycles. The van der Waals surface area contributed by atoms with E-state index in [1.165, 1.54) is 11.3 Å². The second-order valence-corrected chi connectivity index (χ2v) is 7.33. The second-order valence-electron chi connectivity index (χ2n) is 4.57. The lowest BCUT2D eigenvalue weighted by atomic mass is 10.3. The molecule has 0 radical (unpaired) electrons. The number of aromatic amines is 1. The first-order chi connectivity index (χ1) is 10.1. The number of hydrogen-bond donors (Lipinski definition) is 3. The van der Waals surface area contributed by atoms with Gasteiger partial charge in [0.25, 0.3) is 0 Å². The first-order valence-electron chi connectivity index (χ1n) is 6.88. The highest BCUT2D eigenvalue weighted by Gasteiger charge is 2.15. The summed E-state index contributed by atoms with van der Waals surface area (Å²) in [4.78, 5) is 8.46. The van der Waals surface area contributed by atoms with E-state index in [-0.39, 0.29) is 0 Å². The molecule has 0 amide bonds. The number of nitrogens with zero attached hydrogens (tertiary/aromatic N) is 1. The van der Waals surface area contributed by atoms with Crippen LogP contribution in [0.25, 0.3) is 0 Å². The van der Waals surface area contributed by atoms with Crippen LogP contribution in [0, 0.1) is 0 Å². The maximum atomic E-state index is 12.1. The molecule has 2 rings (SSSR count). The predicted molar refractivity (Wildman–Crippen MR) is 83.8 cm³/mol. The van der Waals surface area contributed by atoms with Crippen LogP contribution in [-0.4, -0.2) is 31.5 Å². The molecular formula is C13H20N4O2S2. The van der Waals surface area contributed by atoms with Crippen LogP contribution in [0.15, 0.2) is 28.7 Å². The fourth-order valence-corrected chi connectivity index (χ4v) is 4.14. The van der Waals surface area contributed by atoms with Gasteiger partial charge in [0.2, 0.25) is 10.0 Å². The molecule has 0 unspecified atom stereocenters. The van der Waals surface area contributed by atoms with Gasteiger partial charge in [0.15, 0.2) is 0 Å². The normalized spacial score (nSPS) is 11.9. The van der Waals surface area contributed by atoms with E-state index in [0.29, 0.717) is 24.4 Å². The summed E-state index contributed by atoms with van der Waals surface area (Å²) in [5, 5.41) is 4.86. The molecule has 0 fully saturated rings. The topological polar surface area (TPSA) is 86.9 Å². The average Bonchev–Trinajstić information content (AvgIpc) is 3.13. The Balaban J connectivity index is 1.82. The van der Waals surface area contributed by atoms with Crippen molar-refractivity contribution < 1.29 is 8.42 Å². The molecule has 2 aromatic heterocycles. The third-order valence-corrected chi connectivity index (χ3v) is 5.45. The second kappa shape index (κ2) is 7.69. The third kappa shape index (κ3) is 4.92. The van der Waals surface area contributed by atoms with Crippen molar-refractivity contribution in [3.05, 3.63) is 34.5 Å². The van der Waals surface area contributed by atoms with Gasteiger partial charge in [-0.3, -0.25) is 0 Å². The molecule has 0 saturated carbocycles. The summed E-state index contributed by atoms with van der Waals surface area (Å²) in [6, 6.07) is 1.72. The van der Waals surface area contributed by atoms with Gasteiger partial charge in [0, 0.05) is 42.2 Å². The zero-order chi connectivity index (χ0) is 15.1. The Morgan fingerprint density at radius 2 is 2.29 bits per heavy atom. The minimum absolute atomic E-state index is 0.346. The molecule has 0 spiro atoms. The Labute approximate surface area is 129 Å². The lowest BCUT2D eigenvalue weighted by Gasteiger charge is -2.04. The van der Waals surface area contributed by atoms with Gasteiger partial charge < -0.3 is 10.3 Å². The van der Waals surface area contributed by atoms with Gasteiger partial charge in [-0.25, -0.2) is 18.1 Å². The molecular weight excluding hydrogens is 308 g/mol. The maximum absolute atomic E-state index is 12.1. The molecule has 21 heavy (non-hydrogen) atoms. The number of hydrogen-bond acceptors (Lipinski definition) is 5. The zero-order valence-corrected chi connectivity index (χ0v) is 13.6. The van der Waals surface area contributed by atoms with Gasteiger partial charge in [-0.1, -0.05) is 6.92 Å². The van der Waals surface area contributed by atoms with Crippen LogP contribution < -0.4 is 10.0 Å². The van der Waals surface area contributed by atoms with E-state index in [9.17, 15) is 8.42 Å². The first kappa shape index (κ1) is 16.2. The van der Waals surface area contributed by atoms with Gasteiger partial charge in [-0.05, 0) is 19.0 Å². The van der Waals surface area contributed by atoms with Gasteiger partial charge in [-0.15, -0.1) is 11.3 Å². The highest BCUT2D eigenvalue weighted by Crippen LogP contribution is 2.19. The quantitative estimate of drug-likeness (QED) is 0.609. The number of sulfonamides is 1. The Morgan fingerprint density at radius 1 is 1.43 bits per heavy atom. The SMILES string of the molecule is CCNCc1cc(S(=O)(=O)NCCCc2ncc[nH]2)cs1. The van der Waals surface area contributed by atoms with Crippen LogP contribution in [0.3, 0.4) is 0 Å². The van der Waals surface area contributed by atoms with Crippen molar-refractivity contribution in [3.63, 3.8) is 0 Å². The fraction of sp³-hybridized carbons (Fsp3) is 0.462. The molecule has 8 heteroatoms. The number of aromatic nitrogens is 2. The summed E-state index contributed by atoms with van der Waals surface area (Å²) in [7, 11) is -3.40. The minimum atomic E-state index is -3.40. The van der Waals surface area contributed by atoms with Crippen LogP contribution in [-0.2, 0) is 23.0 Å². The molecule has 6 nitrogen and oxygen atoms in total. The summed E-state index contributed by atoms with van der Waals surface area (Å²) in [5.41, 5.74) is 0. The molecule has 0 bridgehead atoms. The van der Waals surface area contributed by atoms with E-state index >= 15 is 0 Å². The van der Waals surface area contributed by atoms with E-state index in [2.05, 4.69) is 20.0 Å². The van der Waals surface area contributed by atoms with Gasteiger partial charge >= 0.3 is 0 Å². The van der Waals surface area contributed by atoms with E-state index in [1.54, 1.807) is 23.8 Å². The zero-order valence-electron chi connectivity index (χ0n) is 11.9. The van der Waals surface area contributed by atoms with Crippen LogP contribution in [0.5, 0.6) is 0 Å². The highest BCUT2D eigenvalue weighted by molar-refractivity contribution is 7.89. The monoisotopic (exact) mass is 328 g/mol. The largest absolute Gasteiger partial charge is 0.349 e. The summed E-state index contributed by atoms with van der Waals surface area (Å²) in [5.74, 6) is 0.873. The van der Waals surface area contributed by atoms with E-state index in [0.717, 1.165) is 23.7 Å². The lowest BCUT2D eigenvalue weighted by Crippen LogP contribution is -2.24. The summed E-state index contributed by atoms with van der Waals surface area (Å²) in [6.07, 6.45) is 4.89. The van der Waals surface area contributed by atoms with Gasteiger partial charge in [0.05, 0.1) is 4.90 Å². The Kier molecular flexibility index (Phi) is 5.92. The van der Waals surface area contributed by atoms with E-state index in [1.807, 2.05) is 6.92 Å². The van der Waals surface area contributed by atoms with Crippen molar-refractivity contribution >= 4 is 21.4 Å². The van der Waals surface area contributed by atoms with E-state index in [4.69, 9.17) is 0 Å². The van der Waals surface area contributed by atoms with Crippen LogP contribution in [0.1, 0.15) is 24.0 Å². The highest BCUT2D eigenvalue weighted by atomic mass is 32.2. The number of rotatable bonds is 9.